The molecule has 3 aromatic carbocycles. The summed E-state index contributed by atoms with van der Waals surface area (Å²) in [4.78, 5) is 60.6. The molecule has 5 atom stereocenters. The van der Waals surface area contributed by atoms with Crippen LogP contribution in [0.2, 0.25) is 18.6 Å². The van der Waals surface area contributed by atoms with Crippen molar-refractivity contribution in [3.05, 3.63) is 101 Å². The fourth-order valence-corrected chi connectivity index (χ4v) is 11.8. The number of hydrogen-bond acceptors (Lipinski definition) is 7. The quantitative estimate of drug-likeness (QED) is 0.159. The zero-order valence-electron chi connectivity index (χ0n) is 32.7. The number of nitrogens with zero attached hydrogens (tertiary/aromatic N) is 3. The molecule has 0 bridgehead atoms. The number of benzene rings is 3. The molecule has 55 heavy (non-hydrogen) atoms. The average molecular weight is 764 g/mol. The van der Waals surface area contributed by atoms with Gasteiger partial charge in [0.25, 0.3) is 11.8 Å². The molecule has 2 saturated heterocycles. The van der Waals surface area contributed by atoms with Gasteiger partial charge in [0.1, 0.15) is 5.75 Å². The molecule has 7 rings (SSSR count). The van der Waals surface area contributed by atoms with Crippen molar-refractivity contribution < 1.29 is 33.8 Å². The summed E-state index contributed by atoms with van der Waals surface area (Å²) < 4.78 is 13.3. The number of allylic oxidation sites excluding steroid dienone is 3. The zero-order chi connectivity index (χ0) is 39.2. The third-order valence-electron chi connectivity index (χ3n) is 11.9. The maximum atomic E-state index is 15.2. The van der Waals surface area contributed by atoms with E-state index in [9.17, 15) is 19.5 Å². The second kappa shape index (κ2) is 15.2. The van der Waals surface area contributed by atoms with E-state index in [0.717, 1.165) is 31.3 Å². The van der Waals surface area contributed by atoms with E-state index in [2.05, 4.69) is 32.9 Å². The first-order chi connectivity index (χ1) is 26.3. The van der Waals surface area contributed by atoms with Crippen molar-refractivity contribution in [3.8, 4) is 11.5 Å². The number of carbonyl (C=O) groups excluding carboxylic acids is 3. The van der Waals surface area contributed by atoms with Gasteiger partial charge in [-0.25, -0.2) is 0 Å². The number of para-hydroxylation sites is 3. The Morgan fingerprint density at radius 1 is 0.982 bits per heavy atom. The van der Waals surface area contributed by atoms with Crippen LogP contribution in [0.1, 0.15) is 75.7 Å². The zero-order valence-corrected chi connectivity index (χ0v) is 33.7. The summed E-state index contributed by atoms with van der Waals surface area (Å²) in [6.45, 7) is 12.6. The van der Waals surface area contributed by atoms with Gasteiger partial charge in [-0.1, -0.05) is 54.5 Å². The molecule has 4 aliphatic rings. The van der Waals surface area contributed by atoms with Gasteiger partial charge in [-0.15, -0.1) is 0 Å². The van der Waals surface area contributed by atoms with Gasteiger partial charge in [-0.3, -0.25) is 19.3 Å². The number of hydrogen-bond donors (Lipinski definition) is 2. The predicted molar refractivity (Wildman–Crippen MR) is 216 cm³/mol. The lowest BCUT2D eigenvalue weighted by molar-refractivity contribution is -0.149. The van der Waals surface area contributed by atoms with Crippen LogP contribution < -0.4 is 14.5 Å². The van der Waals surface area contributed by atoms with E-state index in [-0.39, 0.29) is 36.8 Å². The lowest BCUT2D eigenvalue weighted by Crippen LogP contribution is -2.46. The van der Waals surface area contributed by atoms with E-state index < -0.39 is 31.5 Å². The fourth-order valence-electron chi connectivity index (χ4n) is 9.23. The topological polar surface area (TPSA) is 120 Å². The number of aliphatic hydroxyl groups excluding tert-OH is 1. The number of anilines is 3. The van der Waals surface area contributed by atoms with Crippen molar-refractivity contribution >= 4 is 43.1 Å². The summed E-state index contributed by atoms with van der Waals surface area (Å²) in [6.07, 6.45) is 6.85. The van der Waals surface area contributed by atoms with E-state index in [1.165, 1.54) is 5.57 Å². The third-order valence-corrected chi connectivity index (χ3v) is 14.4. The summed E-state index contributed by atoms with van der Waals surface area (Å²) in [6, 6.07) is 19.9. The molecule has 0 aliphatic carbocycles. The second-order valence-electron chi connectivity index (χ2n) is 16.3. The SMILES string of the molecule is CC(C)=CCC/C(C)=C/CN1C(=O)[C@]2(O[C@H](CC(=O)N3CCC[C@H]3CO)[C@@H]([Si](C)(C)O)[C@@H]2C)c2cc(N3C(=O)c4ccccc4Oc4ccccc43)ccc21. The Balaban J connectivity index is 1.34. The van der Waals surface area contributed by atoms with E-state index in [4.69, 9.17) is 9.47 Å². The summed E-state index contributed by atoms with van der Waals surface area (Å²) in [5.74, 6) is -0.208. The van der Waals surface area contributed by atoms with Gasteiger partial charge in [0.2, 0.25) is 5.91 Å². The normalized spacial score (nSPS) is 24.8. The smallest absolute Gasteiger partial charge is 0.266 e. The molecule has 0 aromatic heterocycles. The molecule has 4 heterocycles. The minimum absolute atomic E-state index is 0.0119. The molecule has 10 nitrogen and oxygen atoms in total. The van der Waals surface area contributed by atoms with Crippen molar-refractivity contribution in [2.24, 2.45) is 5.92 Å². The first-order valence-corrected chi connectivity index (χ1v) is 22.5. The number of likely N-dealkylation sites (tertiary alicyclic amines) is 1. The number of aliphatic hydroxyl groups is 1. The van der Waals surface area contributed by atoms with Crippen LogP contribution >= 0.6 is 0 Å². The van der Waals surface area contributed by atoms with Crippen LogP contribution in [0.25, 0.3) is 0 Å². The number of fused-ring (bicyclic) bond motifs is 4. The van der Waals surface area contributed by atoms with Crippen molar-refractivity contribution in [1.29, 1.82) is 0 Å². The number of rotatable bonds is 10. The molecular formula is C44H53N3O7Si. The van der Waals surface area contributed by atoms with Crippen LogP contribution in [0.5, 0.6) is 11.5 Å². The Morgan fingerprint density at radius 3 is 2.44 bits per heavy atom. The van der Waals surface area contributed by atoms with Gasteiger partial charge >= 0.3 is 0 Å². The molecule has 11 heteroatoms. The average Bonchev–Trinajstić information content (AvgIpc) is 3.78. The minimum atomic E-state index is -3.07. The van der Waals surface area contributed by atoms with Crippen LogP contribution in [0.4, 0.5) is 17.1 Å². The van der Waals surface area contributed by atoms with Gasteiger partial charge in [0.05, 0.1) is 42.1 Å². The number of amides is 3. The second-order valence-corrected chi connectivity index (χ2v) is 20.3. The van der Waals surface area contributed by atoms with E-state index in [1.807, 2.05) is 68.5 Å². The van der Waals surface area contributed by atoms with Crippen molar-refractivity contribution in [2.45, 2.75) is 96.2 Å². The monoisotopic (exact) mass is 763 g/mol. The highest BCUT2D eigenvalue weighted by Gasteiger charge is 2.66. The van der Waals surface area contributed by atoms with E-state index in [1.54, 1.807) is 32.9 Å². The maximum Gasteiger partial charge on any atom is 0.266 e. The van der Waals surface area contributed by atoms with Crippen molar-refractivity contribution in [1.82, 2.24) is 4.90 Å². The van der Waals surface area contributed by atoms with Crippen LogP contribution in [0, 0.1) is 5.92 Å². The molecule has 290 valence electrons. The standard InChI is InChI=1S/C44H53N3O7Si/c1-28(2)13-11-14-29(3)22-24-46-35-21-20-31(47-36-17-8-10-19-38(36)53-37-18-9-7-16-33(37)42(47)50)25-34(35)44(43(46)51)30(4)41(55(5,6)52)39(54-44)26-40(49)45-23-12-15-32(45)27-48/h7-10,13,16-22,25,30,32,39,41,48,52H,11-12,14-15,23-24,26-27H2,1-6H3/b29-22+/t30-,32-,39+,41-,44+/m0/s1. The van der Waals surface area contributed by atoms with Crippen molar-refractivity contribution in [2.75, 3.05) is 29.5 Å². The highest BCUT2D eigenvalue weighted by atomic mass is 28.4. The third kappa shape index (κ3) is 6.96. The molecule has 4 aliphatic heterocycles. The Labute approximate surface area is 325 Å². The Kier molecular flexibility index (Phi) is 10.7. The van der Waals surface area contributed by atoms with Crippen LogP contribution in [0.3, 0.4) is 0 Å². The lowest BCUT2D eigenvalue weighted by atomic mass is 9.82. The summed E-state index contributed by atoms with van der Waals surface area (Å²) in [7, 11) is -3.07. The molecule has 0 unspecified atom stereocenters. The van der Waals surface area contributed by atoms with Crippen LogP contribution in [-0.2, 0) is 19.9 Å². The highest BCUT2D eigenvalue weighted by Crippen LogP contribution is 2.60. The lowest BCUT2D eigenvalue weighted by Gasteiger charge is -2.33. The molecule has 0 saturated carbocycles. The summed E-state index contributed by atoms with van der Waals surface area (Å²) in [5, 5.41) is 10.0. The fraction of sp³-hybridized carbons (Fsp3) is 0.432. The molecule has 3 aromatic rings. The predicted octanol–water partition coefficient (Wildman–Crippen LogP) is 7.98. The first kappa shape index (κ1) is 38.7. The molecule has 2 fully saturated rings. The molecule has 2 N–H and O–H groups in total. The molecule has 0 radical (unpaired) electrons. The molecular weight excluding hydrogens is 711 g/mol. The molecule has 3 amide bonds. The summed E-state index contributed by atoms with van der Waals surface area (Å²) >= 11 is 0. The largest absolute Gasteiger partial charge is 0.454 e. The van der Waals surface area contributed by atoms with Crippen LogP contribution in [0.15, 0.2) is 90.0 Å². The van der Waals surface area contributed by atoms with Crippen molar-refractivity contribution in [3.63, 3.8) is 0 Å². The van der Waals surface area contributed by atoms with Gasteiger partial charge in [-0.2, -0.15) is 0 Å². The number of ether oxygens (including phenoxy) is 2. The number of carbonyl (C=O) groups is 3. The Bertz CT molecular complexity index is 2050. The van der Waals surface area contributed by atoms with Crippen LogP contribution in [-0.4, -0.2) is 72.7 Å². The first-order valence-electron chi connectivity index (χ1n) is 19.5. The molecule has 1 spiro atoms. The van der Waals surface area contributed by atoms with Gasteiger partial charge in [0, 0.05) is 35.8 Å². The van der Waals surface area contributed by atoms with Gasteiger partial charge in [-0.05, 0) is 102 Å². The van der Waals surface area contributed by atoms with E-state index >= 15 is 4.79 Å². The highest BCUT2D eigenvalue weighted by molar-refractivity contribution is 6.71. The Morgan fingerprint density at radius 2 is 1.71 bits per heavy atom. The van der Waals surface area contributed by atoms with Gasteiger partial charge in [0.15, 0.2) is 19.7 Å². The summed E-state index contributed by atoms with van der Waals surface area (Å²) in [5.41, 5.74) is 3.20. The maximum absolute atomic E-state index is 15.2. The minimum Gasteiger partial charge on any atom is -0.454 e. The Hall–Kier alpha value is -4.55. The van der Waals surface area contributed by atoms with Gasteiger partial charge < -0.3 is 29.2 Å². The van der Waals surface area contributed by atoms with E-state index in [0.29, 0.717) is 52.8 Å².